The lowest BCUT2D eigenvalue weighted by molar-refractivity contribution is 0.172. The summed E-state index contributed by atoms with van der Waals surface area (Å²) in [6.07, 6.45) is 47.5. The number of unbranched alkanes of at least 4 members (excludes halogenated alkanes) is 24. The molecule has 0 radical (unpaired) electrons. The summed E-state index contributed by atoms with van der Waals surface area (Å²) in [6.45, 7) is 10.8. The minimum atomic E-state index is -1.94. The van der Waals surface area contributed by atoms with Crippen LogP contribution in [0.1, 0.15) is 194 Å². The number of hydrogen-bond donors (Lipinski definition) is 0. The summed E-state index contributed by atoms with van der Waals surface area (Å²) in [5, 5.41) is 0. The van der Waals surface area contributed by atoms with E-state index < -0.39 is 8.56 Å². The molecule has 0 amide bonds. The Hall–Kier alpha value is -0.383. The van der Waals surface area contributed by atoms with Gasteiger partial charge < -0.3 is 8.85 Å². The molecule has 0 heterocycles. The predicted molar refractivity (Wildman–Crippen MR) is 188 cm³/mol. The van der Waals surface area contributed by atoms with E-state index in [0.717, 1.165) is 13.2 Å². The second kappa shape index (κ2) is 34.1. The molecule has 0 unspecified atom stereocenters. The number of hydrogen-bond acceptors (Lipinski definition) is 2. The smallest absolute Gasteiger partial charge is 0.331 e. The second-order valence-corrected chi connectivity index (χ2v) is 16.3. The van der Waals surface area contributed by atoms with Gasteiger partial charge in [0.2, 0.25) is 0 Å². The SMILES string of the molecule is CCCCCCCC/C=C\CCCCCCCCO[Si](C)(C)OCCCCCCCC/C=C\CCCCCCCC. The molecular weight excluding hydrogens is 517 g/mol. The van der Waals surface area contributed by atoms with Crippen LogP contribution in [-0.4, -0.2) is 21.8 Å². The monoisotopic (exact) mass is 593 g/mol. The Morgan fingerprint density at radius 1 is 0.341 bits per heavy atom. The maximum atomic E-state index is 6.18. The van der Waals surface area contributed by atoms with Crippen LogP contribution in [0.15, 0.2) is 24.3 Å². The summed E-state index contributed by atoms with van der Waals surface area (Å²) in [5.74, 6) is 0. The molecule has 0 bridgehead atoms. The molecule has 3 heteroatoms. The van der Waals surface area contributed by atoms with Gasteiger partial charge in [-0.2, -0.15) is 0 Å². The Morgan fingerprint density at radius 3 is 0.878 bits per heavy atom. The highest BCUT2D eigenvalue weighted by molar-refractivity contribution is 6.64. The van der Waals surface area contributed by atoms with E-state index in [2.05, 4.69) is 51.2 Å². The van der Waals surface area contributed by atoms with Crippen LogP contribution in [-0.2, 0) is 8.85 Å². The number of rotatable bonds is 34. The molecular formula is C38H76O2Si. The third-order valence-electron chi connectivity index (χ3n) is 8.21. The van der Waals surface area contributed by atoms with Gasteiger partial charge in [0.15, 0.2) is 0 Å². The van der Waals surface area contributed by atoms with Gasteiger partial charge in [0.25, 0.3) is 0 Å². The van der Waals surface area contributed by atoms with Crippen molar-refractivity contribution >= 4 is 8.56 Å². The van der Waals surface area contributed by atoms with Crippen LogP contribution in [0.5, 0.6) is 0 Å². The molecule has 0 aliphatic rings. The molecule has 0 aromatic carbocycles. The van der Waals surface area contributed by atoms with Crippen molar-refractivity contribution in [1.29, 1.82) is 0 Å². The first kappa shape index (κ1) is 40.6. The van der Waals surface area contributed by atoms with Gasteiger partial charge in [-0.3, -0.25) is 0 Å². The highest BCUT2D eigenvalue weighted by Gasteiger charge is 2.23. The molecule has 0 aliphatic carbocycles. The third kappa shape index (κ3) is 35.7. The van der Waals surface area contributed by atoms with Crippen molar-refractivity contribution < 1.29 is 8.85 Å². The third-order valence-corrected chi connectivity index (χ3v) is 10.0. The highest BCUT2D eigenvalue weighted by atomic mass is 28.4. The van der Waals surface area contributed by atoms with Gasteiger partial charge >= 0.3 is 8.56 Å². The Labute approximate surface area is 261 Å². The molecule has 0 spiro atoms. The zero-order valence-electron chi connectivity index (χ0n) is 28.8. The Morgan fingerprint density at radius 2 is 0.585 bits per heavy atom. The summed E-state index contributed by atoms with van der Waals surface area (Å²) in [7, 11) is -1.94. The summed E-state index contributed by atoms with van der Waals surface area (Å²) in [6, 6.07) is 0. The fourth-order valence-corrected chi connectivity index (χ4v) is 6.73. The van der Waals surface area contributed by atoms with E-state index in [-0.39, 0.29) is 0 Å². The maximum Gasteiger partial charge on any atom is 0.331 e. The van der Waals surface area contributed by atoms with Crippen molar-refractivity contribution in [3.05, 3.63) is 24.3 Å². The van der Waals surface area contributed by atoms with E-state index in [0.29, 0.717) is 0 Å². The maximum absolute atomic E-state index is 6.18. The van der Waals surface area contributed by atoms with E-state index in [1.54, 1.807) is 0 Å². The average Bonchev–Trinajstić information content (AvgIpc) is 2.96. The minimum absolute atomic E-state index is 0.883. The van der Waals surface area contributed by atoms with Gasteiger partial charge in [-0.1, -0.05) is 154 Å². The van der Waals surface area contributed by atoms with Crippen LogP contribution >= 0.6 is 0 Å². The van der Waals surface area contributed by atoms with Crippen LogP contribution < -0.4 is 0 Å². The van der Waals surface area contributed by atoms with Crippen LogP contribution in [0, 0.1) is 0 Å². The van der Waals surface area contributed by atoms with Crippen molar-refractivity contribution in [2.45, 2.75) is 207 Å². The first-order valence-electron chi connectivity index (χ1n) is 18.7. The molecule has 0 N–H and O–H groups in total. The Balaban J connectivity index is 3.34. The first-order chi connectivity index (χ1) is 20.1. The zero-order valence-corrected chi connectivity index (χ0v) is 29.8. The first-order valence-corrected chi connectivity index (χ1v) is 21.5. The molecule has 0 saturated carbocycles. The number of allylic oxidation sites excluding steroid dienone is 4. The fourth-order valence-electron chi connectivity index (χ4n) is 5.38. The summed E-state index contributed by atoms with van der Waals surface area (Å²) >= 11 is 0. The van der Waals surface area contributed by atoms with Crippen molar-refractivity contribution in [3.8, 4) is 0 Å². The Bertz CT molecular complexity index is 496. The average molecular weight is 593 g/mol. The molecule has 0 atom stereocenters. The van der Waals surface area contributed by atoms with E-state index in [9.17, 15) is 0 Å². The molecule has 0 saturated heterocycles. The topological polar surface area (TPSA) is 18.5 Å². The minimum Gasteiger partial charge on any atom is -0.395 e. The highest BCUT2D eigenvalue weighted by Crippen LogP contribution is 2.14. The lowest BCUT2D eigenvalue weighted by Crippen LogP contribution is -2.35. The van der Waals surface area contributed by atoms with E-state index in [1.165, 1.54) is 180 Å². The van der Waals surface area contributed by atoms with Gasteiger partial charge in [-0.15, -0.1) is 0 Å². The summed E-state index contributed by atoms with van der Waals surface area (Å²) < 4.78 is 12.4. The molecule has 0 aliphatic heterocycles. The molecule has 2 nitrogen and oxygen atoms in total. The van der Waals surface area contributed by atoms with Crippen LogP contribution in [0.4, 0.5) is 0 Å². The van der Waals surface area contributed by atoms with Gasteiger partial charge in [-0.25, -0.2) is 0 Å². The lowest BCUT2D eigenvalue weighted by atomic mass is 10.1. The van der Waals surface area contributed by atoms with E-state index in [4.69, 9.17) is 8.85 Å². The predicted octanol–water partition coefficient (Wildman–Crippen LogP) is 13.8. The lowest BCUT2D eigenvalue weighted by Gasteiger charge is -2.23. The Kier molecular flexibility index (Phi) is 33.8. The van der Waals surface area contributed by atoms with Crippen molar-refractivity contribution in [1.82, 2.24) is 0 Å². The van der Waals surface area contributed by atoms with Gasteiger partial charge in [0.05, 0.1) is 0 Å². The second-order valence-electron chi connectivity index (χ2n) is 13.0. The molecule has 244 valence electrons. The molecule has 0 aromatic heterocycles. The van der Waals surface area contributed by atoms with Crippen LogP contribution in [0.25, 0.3) is 0 Å². The van der Waals surface area contributed by atoms with Crippen molar-refractivity contribution in [3.63, 3.8) is 0 Å². The summed E-state index contributed by atoms with van der Waals surface area (Å²) in [4.78, 5) is 0. The standard InChI is InChI=1S/C38H76O2Si/c1-5-7-9-11-13-15-17-19-21-23-25-27-29-31-33-35-37-39-41(3,4)40-38-36-34-32-30-28-26-24-22-20-18-16-14-12-10-8-6-2/h19-22H,5-18,23-38H2,1-4H3/b21-19-,22-20-. The van der Waals surface area contributed by atoms with Gasteiger partial charge in [0, 0.05) is 13.2 Å². The molecule has 0 fully saturated rings. The molecule has 41 heavy (non-hydrogen) atoms. The van der Waals surface area contributed by atoms with Crippen LogP contribution in [0.2, 0.25) is 13.1 Å². The van der Waals surface area contributed by atoms with E-state index in [1.807, 2.05) is 0 Å². The normalized spacial score (nSPS) is 12.4. The summed E-state index contributed by atoms with van der Waals surface area (Å²) in [5.41, 5.74) is 0. The van der Waals surface area contributed by atoms with E-state index >= 15 is 0 Å². The van der Waals surface area contributed by atoms with Crippen molar-refractivity contribution in [2.75, 3.05) is 13.2 Å². The van der Waals surface area contributed by atoms with Gasteiger partial charge in [0.1, 0.15) is 0 Å². The molecule has 0 aromatic rings. The fraction of sp³-hybridized carbons (Fsp3) is 0.895. The quantitative estimate of drug-likeness (QED) is 0.0420. The van der Waals surface area contributed by atoms with Crippen LogP contribution in [0.3, 0.4) is 0 Å². The largest absolute Gasteiger partial charge is 0.395 e. The van der Waals surface area contributed by atoms with Crippen molar-refractivity contribution in [2.24, 2.45) is 0 Å². The van der Waals surface area contributed by atoms with Gasteiger partial charge in [-0.05, 0) is 77.3 Å². The molecule has 0 rings (SSSR count). The zero-order chi connectivity index (χ0) is 30.0.